The summed E-state index contributed by atoms with van der Waals surface area (Å²) in [4.78, 5) is 10.8. The predicted octanol–water partition coefficient (Wildman–Crippen LogP) is 0.848. The second-order valence-corrected chi connectivity index (χ2v) is 3.02. The summed E-state index contributed by atoms with van der Waals surface area (Å²) in [7, 11) is 1.25. The third-order valence-corrected chi connectivity index (χ3v) is 1.84. The summed E-state index contributed by atoms with van der Waals surface area (Å²) in [6, 6.07) is 0. The molecule has 4 heteroatoms. The van der Waals surface area contributed by atoms with E-state index in [0.29, 0.717) is 6.42 Å². The fourth-order valence-corrected chi connectivity index (χ4v) is 1.13. The minimum atomic E-state index is -1.30. The lowest BCUT2D eigenvalue weighted by Crippen LogP contribution is -2.24. The summed E-state index contributed by atoms with van der Waals surface area (Å²) >= 11 is 0. The average Bonchev–Trinajstić information content (AvgIpc) is 2.14. The van der Waals surface area contributed by atoms with Crippen molar-refractivity contribution in [2.24, 2.45) is 0 Å². The van der Waals surface area contributed by atoms with Gasteiger partial charge in [0.15, 0.2) is 0 Å². The summed E-state index contributed by atoms with van der Waals surface area (Å²) in [6.45, 7) is 0. The van der Waals surface area contributed by atoms with Gasteiger partial charge >= 0.3 is 5.97 Å². The Kier molecular flexibility index (Phi) is 3.09. The van der Waals surface area contributed by atoms with Crippen molar-refractivity contribution in [2.75, 3.05) is 7.11 Å². The number of aliphatic hydroxyl groups excluding tert-OH is 1. The molecule has 0 aromatic rings. The average molecular weight is 196 g/mol. The number of hydrogen-bond donors (Lipinski definition) is 2. The van der Waals surface area contributed by atoms with E-state index >= 15 is 0 Å². The van der Waals surface area contributed by atoms with Gasteiger partial charge in [-0.1, -0.05) is 6.08 Å². The third-order valence-electron chi connectivity index (χ3n) is 1.84. The van der Waals surface area contributed by atoms with Gasteiger partial charge in [0, 0.05) is 12.5 Å². The lowest BCUT2D eigenvalue weighted by Gasteiger charge is -2.21. The first-order valence-corrected chi connectivity index (χ1v) is 4.14. The highest BCUT2D eigenvalue weighted by Crippen LogP contribution is 2.21. The molecule has 0 aromatic heterocycles. The van der Waals surface area contributed by atoms with Crippen molar-refractivity contribution >= 4 is 5.97 Å². The van der Waals surface area contributed by atoms with Gasteiger partial charge in [0.2, 0.25) is 0 Å². The van der Waals surface area contributed by atoms with E-state index in [1.165, 1.54) is 25.3 Å². The number of allylic oxidation sites excluding steroid dienone is 1. The first kappa shape index (κ1) is 10.5. The number of carbonyl (C=O) groups is 1. The number of hydrogen-bond acceptors (Lipinski definition) is 4. The van der Waals surface area contributed by atoms with E-state index in [2.05, 4.69) is 4.74 Å². The molecule has 1 aliphatic carbocycles. The summed E-state index contributed by atoms with van der Waals surface area (Å²) in [6.07, 6.45) is 7.12. The van der Waals surface area contributed by atoms with E-state index in [0.717, 1.165) is 6.08 Å². The van der Waals surface area contributed by atoms with Crippen LogP contribution in [-0.2, 0) is 9.53 Å². The molecule has 0 aromatic carbocycles. The van der Waals surface area contributed by atoms with Gasteiger partial charge in [0.05, 0.1) is 7.11 Å². The summed E-state index contributed by atoms with van der Waals surface area (Å²) in [5.41, 5.74) is -1.30. The van der Waals surface area contributed by atoms with Crippen LogP contribution in [0.25, 0.3) is 0 Å². The second-order valence-electron chi connectivity index (χ2n) is 3.02. The van der Waals surface area contributed by atoms with Crippen molar-refractivity contribution in [3.8, 4) is 0 Å². The molecule has 0 fully saturated rings. The maximum absolute atomic E-state index is 10.8. The van der Waals surface area contributed by atoms with Crippen LogP contribution in [0, 0.1) is 0 Å². The molecule has 0 aliphatic heterocycles. The first-order valence-electron chi connectivity index (χ1n) is 4.14. The number of rotatable bonds is 2. The Bertz CT molecular complexity index is 314. The molecule has 0 bridgehead atoms. The van der Waals surface area contributed by atoms with Crippen molar-refractivity contribution in [3.05, 3.63) is 36.1 Å². The highest BCUT2D eigenvalue weighted by molar-refractivity contribution is 5.82. The minimum absolute atomic E-state index is 0.0201. The molecule has 14 heavy (non-hydrogen) atoms. The summed E-state index contributed by atoms with van der Waals surface area (Å²) in [5.74, 6) is -0.561. The first-order chi connectivity index (χ1) is 6.56. The standard InChI is InChI=1S/C10H12O4/c1-14-9(12)4-6-10(13)5-2-3-8(11)7-10/h2-4,6-7,11,13H,5H2,1H3. The molecule has 2 N–H and O–H groups in total. The maximum atomic E-state index is 10.8. The lowest BCUT2D eigenvalue weighted by molar-refractivity contribution is -0.134. The van der Waals surface area contributed by atoms with Crippen LogP contribution < -0.4 is 0 Å². The molecular formula is C10H12O4. The Morgan fingerprint density at radius 2 is 2.43 bits per heavy atom. The molecule has 76 valence electrons. The third kappa shape index (κ3) is 2.74. The normalized spacial score (nSPS) is 26.3. The van der Waals surface area contributed by atoms with Gasteiger partial charge in [-0.2, -0.15) is 0 Å². The fraction of sp³-hybridized carbons (Fsp3) is 0.300. The Hall–Kier alpha value is -1.55. The van der Waals surface area contributed by atoms with Gasteiger partial charge in [0.25, 0.3) is 0 Å². The number of esters is 1. The zero-order chi connectivity index (χ0) is 10.6. The largest absolute Gasteiger partial charge is 0.508 e. The van der Waals surface area contributed by atoms with Gasteiger partial charge < -0.3 is 14.9 Å². The van der Waals surface area contributed by atoms with Crippen LogP contribution in [0.3, 0.4) is 0 Å². The van der Waals surface area contributed by atoms with Crippen molar-refractivity contribution in [2.45, 2.75) is 12.0 Å². The van der Waals surface area contributed by atoms with E-state index in [1.54, 1.807) is 6.08 Å². The van der Waals surface area contributed by atoms with E-state index in [9.17, 15) is 9.90 Å². The summed E-state index contributed by atoms with van der Waals surface area (Å²) < 4.78 is 4.38. The van der Waals surface area contributed by atoms with Crippen LogP contribution in [0.4, 0.5) is 0 Å². The molecule has 0 amide bonds. The van der Waals surface area contributed by atoms with Gasteiger partial charge in [-0.05, 0) is 18.2 Å². The Morgan fingerprint density at radius 3 is 3.00 bits per heavy atom. The molecule has 0 heterocycles. The van der Waals surface area contributed by atoms with Crippen LogP contribution >= 0.6 is 0 Å². The van der Waals surface area contributed by atoms with E-state index < -0.39 is 11.6 Å². The molecule has 0 saturated carbocycles. The van der Waals surface area contributed by atoms with E-state index in [-0.39, 0.29) is 5.76 Å². The number of ether oxygens (including phenoxy) is 1. The second kappa shape index (κ2) is 4.11. The zero-order valence-electron chi connectivity index (χ0n) is 7.80. The van der Waals surface area contributed by atoms with Crippen molar-refractivity contribution < 1.29 is 19.7 Å². The highest BCUT2D eigenvalue weighted by atomic mass is 16.5. The van der Waals surface area contributed by atoms with Gasteiger partial charge in [-0.25, -0.2) is 4.79 Å². The number of methoxy groups -OCH3 is 1. The molecule has 1 unspecified atom stereocenters. The van der Waals surface area contributed by atoms with Crippen molar-refractivity contribution in [1.82, 2.24) is 0 Å². The topological polar surface area (TPSA) is 66.8 Å². The van der Waals surface area contributed by atoms with Crippen LogP contribution in [0.5, 0.6) is 0 Å². The van der Waals surface area contributed by atoms with E-state index in [1.807, 2.05) is 0 Å². The molecule has 0 spiro atoms. The minimum Gasteiger partial charge on any atom is -0.508 e. The van der Waals surface area contributed by atoms with Crippen LogP contribution in [-0.4, -0.2) is 28.9 Å². The van der Waals surface area contributed by atoms with Crippen molar-refractivity contribution in [1.29, 1.82) is 0 Å². The van der Waals surface area contributed by atoms with Crippen molar-refractivity contribution in [3.63, 3.8) is 0 Å². The Morgan fingerprint density at radius 1 is 1.71 bits per heavy atom. The number of aliphatic hydroxyl groups is 2. The van der Waals surface area contributed by atoms with E-state index in [4.69, 9.17) is 5.11 Å². The molecule has 1 atom stereocenters. The molecule has 0 saturated heterocycles. The monoisotopic (exact) mass is 196 g/mol. The quantitative estimate of drug-likeness (QED) is 0.507. The van der Waals surface area contributed by atoms with Gasteiger partial charge in [-0.3, -0.25) is 0 Å². The van der Waals surface area contributed by atoms with Crippen LogP contribution in [0.2, 0.25) is 0 Å². The van der Waals surface area contributed by atoms with Crippen LogP contribution in [0.15, 0.2) is 36.1 Å². The zero-order valence-corrected chi connectivity index (χ0v) is 7.80. The Labute approximate surface area is 81.8 Å². The summed E-state index contributed by atoms with van der Waals surface area (Å²) in [5, 5.41) is 18.9. The number of carbonyl (C=O) groups excluding carboxylic acids is 1. The molecule has 0 radical (unpaired) electrons. The SMILES string of the molecule is COC(=O)C=CC1(O)C=C(O)C=CC1. The predicted molar refractivity (Wildman–Crippen MR) is 50.6 cm³/mol. The molecule has 4 nitrogen and oxygen atoms in total. The maximum Gasteiger partial charge on any atom is 0.330 e. The van der Waals surface area contributed by atoms with Gasteiger partial charge in [-0.15, -0.1) is 0 Å². The molecular weight excluding hydrogens is 184 g/mol. The fourth-order valence-electron chi connectivity index (χ4n) is 1.13. The Balaban J connectivity index is 2.73. The smallest absolute Gasteiger partial charge is 0.330 e. The van der Waals surface area contributed by atoms with Gasteiger partial charge in [0.1, 0.15) is 11.4 Å². The highest BCUT2D eigenvalue weighted by Gasteiger charge is 2.22. The van der Waals surface area contributed by atoms with Crippen LogP contribution in [0.1, 0.15) is 6.42 Å². The molecule has 1 rings (SSSR count). The molecule has 1 aliphatic rings. The lowest BCUT2D eigenvalue weighted by atomic mass is 9.94.